The van der Waals surface area contributed by atoms with E-state index < -0.39 is 0 Å². The first-order valence-electron chi connectivity index (χ1n) is 10.9. The fraction of sp³-hybridized carbons (Fsp3) is 0.391. The predicted molar refractivity (Wildman–Crippen MR) is 128 cm³/mol. The summed E-state index contributed by atoms with van der Waals surface area (Å²) in [5.74, 6) is 1.96. The van der Waals surface area contributed by atoms with Crippen molar-refractivity contribution in [3.8, 4) is 16.7 Å². The summed E-state index contributed by atoms with van der Waals surface area (Å²) < 4.78 is 13.3. The largest absolute Gasteiger partial charge is 0.493 e. The summed E-state index contributed by atoms with van der Waals surface area (Å²) >= 11 is 7.74. The maximum absolute atomic E-state index is 12.1. The molecule has 0 aliphatic heterocycles. The summed E-state index contributed by atoms with van der Waals surface area (Å²) in [4.78, 5) is 21.2. The number of nitrogens with one attached hydrogen (secondary N) is 1. The number of thiazole rings is 1. The van der Waals surface area contributed by atoms with Crippen molar-refractivity contribution in [1.82, 2.24) is 25.1 Å². The van der Waals surface area contributed by atoms with E-state index in [4.69, 9.17) is 21.1 Å². The van der Waals surface area contributed by atoms with Crippen molar-refractivity contribution < 1.29 is 14.3 Å². The third-order valence-corrected chi connectivity index (χ3v) is 6.12. The molecule has 3 aromatic rings. The number of hydrogen-bond donors (Lipinski definition) is 1. The van der Waals surface area contributed by atoms with Gasteiger partial charge in [0.2, 0.25) is 5.91 Å². The summed E-state index contributed by atoms with van der Waals surface area (Å²) in [7, 11) is 0. The molecule has 2 aromatic heterocycles. The molecule has 0 bridgehead atoms. The molecule has 10 heteroatoms. The van der Waals surface area contributed by atoms with Crippen molar-refractivity contribution in [2.24, 2.45) is 5.92 Å². The van der Waals surface area contributed by atoms with E-state index in [1.54, 1.807) is 29.3 Å². The van der Waals surface area contributed by atoms with Crippen molar-refractivity contribution in [2.45, 2.75) is 45.2 Å². The van der Waals surface area contributed by atoms with Gasteiger partial charge in [0, 0.05) is 31.3 Å². The number of carbonyl (C=O) groups excluding carboxylic acids is 1. The van der Waals surface area contributed by atoms with Gasteiger partial charge in [0.15, 0.2) is 0 Å². The minimum atomic E-state index is -0.104. The zero-order chi connectivity index (χ0) is 23.0. The molecule has 33 heavy (non-hydrogen) atoms. The maximum Gasteiger partial charge on any atom is 0.279 e. The number of amides is 1. The second-order valence-corrected chi connectivity index (χ2v) is 9.39. The molecule has 1 atom stereocenters. The molecule has 0 unspecified atom stereocenters. The fourth-order valence-electron chi connectivity index (χ4n) is 3.00. The topological polar surface area (TPSA) is 91.2 Å². The van der Waals surface area contributed by atoms with E-state index in [0.717, 1.165) is 17.2 Å². The number of aromatic nitrogens is 4. The Kier molecular flexibility index (Phi) is 7.96. The van der Waals surface area contributed by atoms with Crippen LogP contribution in [0.25, 0.3) is 6.08 Å². The molecular weight excluding hydrogens is 462 g/mol. The SMILES string of the molecule is C[C@@H](/C=C/c1cnc(Oc2ccc(OCC3CC3)cc2Cl)s1)NC(=O)CCCn1cncn1. The van der Waals surface area contributed by atoms with E-state index in [0.29, 0.717) is 41.3 Å². The molecule has 4 rings (SSSR count). The monoisotopic (exact) mass is 487 g/mol. The highest BCUT2D eigenvalue weighted by Crippen LogP contribution is 2.35. The Morgan fingerprint density at radius 2 is 2.30 bits per heavy atom. The molecule has 1 saturated carbocycles. The van der Waals surface area contributed by atoms with Crippen molar-refractivity contribution in [2.75, 3.05) is 6.61 Å². The Labute approximate surface area is 201 Å². The van der Waals surface area contributed by atoms with Crippen LogP contribution in [0, 0.1) is 5.92 Å². The molecule has 2 heterocycles. The van der Waals surface area contributed by atoms with Gasteiger partial charge in [-0.1, -0.05) is 29.0 Å². The molecule has 174 valence electrons. The third-order valence-electron chi connectivity index (χ3n) is 4.98. The number of benzene rings is 1. The average Bonchev–Trinajstić information content (AvgIpc) is 3.27. The lowest BCUT2D eigenvalue weighted by Gasteiger charge is -2.09. The van der Waals surface area contributed by atoms with Crippen LogP contribution in [0.5, 0.6) is 16.7 Å². The molecule has 0 saturated heterocycles. The number of ether oxygens (including phenoxy) is 2. The van der Waals surface area contributed by atoms with Crippen LogP contribution in [0.4, 0.5) is 0 Å². The van der Waals surface area contributed by atoms with Gasteiger partial charge >= 0.3 is 0 Å². The van der Waals surface area contributed by atoms with Gasteiger partial charge < -0.3 is 14.8 Å². The average molecular weight is 488 g/mol. The molecule has 1 fully saturated rings. The normalized spacial score (nSPS) is 14.4. The van der Waals surface area contributed by atoms with Gasteiger partial charge in [-0.2, -0.15) is 5.10 Å². The first-order chi connectivity index (χ1) is 16.0. The number of hydrogen-bond acceptors (Lipinski definition) is 7. The quantitative estimate of drug-likeness (QED) is 0.388. The Morgan fingerprint density at radius 1 is 1.42 bits per heavy atom. The molecule has 1 aliphatic rings. The van der Waals surface area contributed by atoms with Crippen LogP contribution in [-0.4, -0.2) is 38.3 Å². The number of carbonyl (C=O) groups is 1. The van der Waals surface area contributed by atoms with E-state index in [1.807, 2.05) is 25.1 Å². The van der Waals surface area contributed by atoms with E-state index in [1.165, 1.54) is 30.5 Å². The van der Waals surface area contributed by atoms with Crippen LogP contribution in [0.15, 0.2) is 43.1 Å². The lowest BCUT2D eigenvalue weighted by atomic mass is 10.2. The maximum atomic E-state index is 12.1. The molecule has 1 aromatic carbocycles. The summed E-state index contributed by atoms with van der Waals surface area (Å²) in [5, 5.41) is 7.96. The number of halogens is 1. The van der Waals surface area contributed by atoms with Crippen molar-refractivity contribution in [3.05, 3.63) is 53.0 Å². The van der Waals surface area contributed by atoms with Gasteiger partial charge in [-0.05, 0) is 50.3 Å². The summed E-state index contributed by atoms with van der Waals surface area (Å²) in [5.41, 5.74) is 0. The van der Waals surface area contributed by atoms with Gasteiger partial charge in [0.25, 0.3) is 5.19 Å². The highest BCUT2D eigenvalue weighted by atomic mass is 35.5. The van der Waals surface area contributed by atoms with Gasteiger partial charge in [-0.3, -0.25) is 9.48 Å². The lowest BCUT2D eigenvalue weighted by Crippen LogP contribution is -2.30. The lowest BCUT2D eigenvalue weighted by molar-refractivity contribution is -0.121. The zero-order valence-electron chi connectivity index (χ0n) is 18.3. The second-order valence-electron chi connectivity index (χ2n) is 7.95. The van der Waals surface area contributed by atoms with Crippen LogP contribution < -0.4 is 14.8 Å². The molecule has 8 nitrogen and oxygen atoms in total. The van der Waals surface area contributed by atoms with Crippen LogP contribution in [0.3, 0.4) is 0 Å². The van der Waals surface area contributed by atoms with Gasteiger partial charge in [0.05, 0.1) is 16.5 Å². The fourth-order valence-corrected chi connectivity index (χ4v) is 3.90. The van der Waals surface area contributed by atoms with Gasteiger partial charge in [-0.25, -0.2) is 9.97 Å². The number of nitrogens with zero attached hydrogens (tertiary/aromatic N) is 4. The minimum Gasteiger partial charge on any atom is -0.493 e. The zero-order valence-corrected chi connectivity index (χ0v) is 19.9. The Balaban J connectivity index is 1.21. The Hall–Kier alpha value is -2.91. The summed E-state index contributed by atoms with van der Waals surface area (Å²) in [6.45, 7) is 3.33. The second kappa shape index (κ2) is 11.3. The number of rotatable bonds is 12. The van der Waals surface area contributed by atoms with Gasteiger partial charge in [0.1, 0.15) is 24.2 Å². The van der Waals surface area contributed by atoms with E-state index in [2.05, 4.69) is 20.4 Å². The van der Waals surface area contributed by atoms with Crippen LogP contribution in [-0.2, 0) is 11.3 Å². The molecule has 1 amide bonds. The molecular formula is C23H26ClN5O3S. The van der Waals surface area contributed by atoms with Crippen LogP contribution in [0.2, 0.25) is 5.02 Å². The van der Waals surface area contributed by atoms with Crippen LogP contribution >= 0.6 is 22.9 Å². The Morgan fingerprint density at radius 3 is 3.06 bits per heavy atom. The summed E-state index contributed by atoms with van der Waals surface area (Å²) in [6.07, 6.45) is 12.3. The van der Waals surface area contributed by atoms with E-state index in [9.17, 15) is 4.79 Å². The smallest absolute Gasteiger partial charge is 0.279 e. The van der Waals surface area contributed by atoms with Crippen molar-refractivity contribution >= 4 is 34.9 Å². The summed E-state index contributed by atoms with van der Waals surface area (Å²) in [6, 6.07) is 5.31. The van der Waals surface area contributed by atoms with Crippen LogP contribution in [0.1, 0.15) is 37.5 Å². The first-order valence-corrected chi connectivity index (χ1v) is 12.1. The highest BCUT2D eigenvalue weighted by Gasteiger charge is 2.22. The van der Waals surface area contributed by atoms with Crippen molar-refractivity contribution in [3.63, 3.8) is 0 Å². The van der Waals surface area contributed by atoms with Crippen molar-refractivity contribution in [1.29, 1.82) is 0 Å². The van der Waals surface area contributed by atoms with Gasteiger partial charge in [-0.15, -0.1) is 0 Å². The molecule has 1 N–H and O–H groups in total. The van der Waals surface area contributed by atoms with E-state index in [-0.39, 0.29) is 11.9 Å². The standard InChI is InChI=1S/C23H26ClN5O3S/c1-16(28-22(30)3-2-10-29-15-25-14-27-29)4-8-19-12-26-23(33-19)32-21-9-7-18(11-20(21)24)31-13-17-5-6-17/h4,7-9,11-12,14-17H,2-3,5-6,10,13H2,1H3,(H,28,30)/b8-4+/t16-/m0/s1. The number of aryl methyl sites for hydroxylation is 1. The third kappa shape index (κ3) is 7.57. The molecule has 1 aliphatic carbocycles. The minimum absolute atomic E-state index is 0.000193. The Bertz CT molecular complexity index is 1080. The molecule has 0 radical (unpaired) electrons. The van der Waals surface area contributed by atoms with E-state index >= 15 is 0 Å². The highest BCUT2D eigenvalue weighted by molar-refractivity contribution is 7.14. The molecule has 0 spiro atoms. The first kappa shape index (κ1) is 23.3. The predicted octanol–water partition coefficient (Wildman–Crippen LogP) is 4.97.